The van der Waals surface area contributed by atoms with Crippen LogP contribution in [0.2, 0.25) is 0 Å². The molecule has 6 nitrogen and oxygen atoms in total. The first-order valence-corrected chi connectivity index (χ1v) is 5.33. The van der Waals surface area contributed by atoms with Crippen LogP contribution in [0.25, 0.3) is 11.4 Å². The van der Waals surface area contributed by atoms with E-state index in [1.165, 1.54) is 7.11 Å². The van der Waals surface area contributed by atoms with Crippen LogP contribution in [0.3, 0.4) is 0 Å². The van der Waals surface area contributed by atoms with Crippen LogP contribution in [0.1, 0.15) is 5.69 Å². The summed E-state index contributed by atoms with van der Waals surface area (Å²) in [6.45, 7) is 1.84. The summed E-state index contributed by atoms with van der Waals surface area (Å²) in [5.74, 6) is 6.79. The predicted molar refractivity (Wildman–Crippen MR) is 68.2 cm³/mol. The lowest BCUT2D eigenvalue weighted by atomic mass is 10.2. The second kappa shape index (κ2) is 4.89. The fourth-order valence-corrected chi connectivity index (χ4v) is 1.60. The van der Waals surface area contributed by atoms with Crippen molar-refractivity contribution < 1.29 is 9.84 Å². The van der Waals surface area contributed by atoms with Crippen molar-refractivity contribution in [1.29, 1.82) is 0 Å². The molecule has 0 saturated heterocycles. The molecule has 0 bridgehead atoms. The lowest BCUT2D eigenvalue weighted by Gasteiger charge is -2.07. The van der Waals surface area contributed by atoms with Crippen molar-refractivity contribution in [3.8, 4) is 22.9 Å². The molecule has 1 aromatic heterocycles. The number of hydrogen-bond donors (Lipinski definition) is 3. The summed E-state index contributed by atoms with van der Waals surface area (Å²) < 4.78 is 4.98. The fourth-order valence-electron chi connectivity index (χ4n) is 1.60. The monoisotopic (exact) mass is 246 g/mol. The third-order valence-electron chi connectivity index (χ3n) is 2.44. The number of aryl methyl sites for hydroxylation is 1. The van der Waals surface area contributed by atoms with Crippen molar-refractivity contribution in [2.45, 2.75) is 6.92 Å². The quantitative estimate of drug-likeness (QED) is 0.560. The number of hydrogen-bond acceptors (Lipinski definition) is 6. The minimum absolute atomic E-state index is 0.0439. The molecule has 1 aromatic carbocycles. The Balaban J connectivity index is 2.48. The fraction of sp³-hybridized carbons (Fsp3) is 0.167. The molecule has 2 aromatic rings. The largest absolute Gasteiger partial charge is 0.504 e. The molecule has 94 valence electrons. The minimum Gasteiger partial charge on any atom is -0.504 e. The highest BCUT2D eigenvalue weighted by Gasteiger charge is 2.08. The van der Waals surface area contributed by atoms with E-state index in [-0.39, 0.29) is 5.75 Å². The Labute approximate surface area is 104 Å². The molecule has 0 fully saturated rings. The van der Waals surface area contributed by atoms with Crippen LogP contribution in [0, 0.1) is 6.92 Å². The molecular formula is C12H14N4O2. The number of benzene rings is 1. The van der Waals surface area contributed by atoms with Crippen molar-refractivity contribution in [3.63, 3.8) is 0 Å². The maximum atomic E-state index is 9.73. The number of nitrogens with two attached hydrogens (primary N) is 1. The number of aromatic hydroxyl groups is 1. The highest BCUT2D eigenvalue weighted by Crippen LogP contribution is 2.30. The molecule has 4 N–H and O–H groups in total. The Morgan fingerprint density at radius 3 is 2.67 bits per heavy atom. The molecule has 0 radical (unpaired) electrons. The molecule has 6 heteroatoms. The van der Waals surface area contributed by atoms with Gasteiger partial charge < -0.3 is 15.3 Å². The third-order valence-corrected chi connectivity index (χ3v) is 2.44. The Hall–Kier alpha value is -2.34. The maximum absolute atomic E-state index is 9.73. The van der Waals surface area contributed by atoms with Crippen LogP contribution >= 0.6 is 0 Å². The van der Waals surface area contributed by atoms with Gasteiger partial charge >= 0.3 is 0 Å². The number of phenols is 1. The van der Waals surface area contributed by atoms with E-state index in [1.807, 2.05) is 6.92 Å². The molecule has 0 aliphatic heterocycles. The standard InChI is InChI=1S/C12H14N4O2/c1-7-5-11(16-13)15-12(14-7)8-3-4-10(18-2)9(17)6-8/h3-6,17H,13H2,1-2H3,(H,14,15,16). The molecule has 0 aliphatic rings. The molecule has 0 atom stereocenters. The average Bonchev–Trinajstić information content (AvgIpc) is 2.37. The van der Waals surface area contributed by atoms with Crippen LogP contribution in [0.4, 0.5) is 5.82 Å². The van der Waals surface area contributed by atoms with Crippen molar-refractivity contribution in [1.82, 2.24) is 9.97 Å². The number of methoxy groups -OCH3 is 1. The van der Waals surface area contributed by atoms with Crippen LogP contribution in [0.5, 0.6) is 11.5 Å². The Kier molecular flexibility index (Phi) is 3.29. The second-order valence-corrected chi connectivity index (χ2v) is 3.75. The van der Waals surface area contributed by atoms with Crippen molar-refractivity contribution >= 4 is 5.82 Å². The van der Waals surface area contributed by atoms with Gasteiger partial charge in [0.15, 0.2) is 17.3 Å². The number of aromatic nitrogens is 2. The Morgan fingerprint density at radius 1 is 1.28 bits per heavy atom. The van der Waals surface area contributed by atoms with E-state index in [1.54, 1.807) is 24.3 Å². The zero-order chi connectivity index (χ0) is 13.1. The highest BCUT2D eigenvalue weighted by molar-refractivity contribution is 5.62. The van der Waals surface area contributed by atoms with Crippen LogP contribution < -0.4 is 16.0 Å². The Morgan fingerprint density at radius 2 is 2.06 bits per heavy atom. The van der Waals surface area contributed by atoms with Crippen molar-refractivity contribution in [2.24, 2.45) is 5.84 Å². The molecular weight excluding hydrogens is 232 g/mol. The number of rotatable bonds is 3. The summed E-state index contributed by atoms with van der Waals surface area (Å²) >= 11 is 0. The number of nitrogens with one attached hydrogen (secondary N) is 1. The topological polar surface area (TPSA) is 93.3 Å². The van der Waals surface area contributed by atoms with E-state index in [2.05, 4.69) is 15.4 Å². The zero-order valence-corrected chi connectivity index (χ0v) is 10.1. The first-order chi connectivity index (χ1) is 8.63. The summed E-state index contributed by atoms with van der Waals surface area (Å²) in [4.78, 5) is 8.51. The Bertz CT molecular complexity index is 572. The molecule has 0 spiro atoms. The van der Waals surface area contributed by atoms with Gasteiger partial charge in [-0.15, -0.1) is 0 Å². The van der Waals surface area contributed by atoms with Crippen molar-refractivity contribution in [2.75, 3.05) is 12.5 Å². The van der Waals surface area contributed by atoms with Crippen molar-refractivity contribution in [3.05, 3.63) is 30.0 Å². The van der Waals surface area contributed by atoms with Gasteiger partial charge in [0.2, 0.25) is 0 Å². The van der Waals surface area contributed by atoms with Crippen LogP contribution in [0.15, 0.2) is 24.3 Å². The number of phenolic OH excluding ortho intramolecular Hbond substituents is 1. The van der Waals surface area contributed by atoms with Gasteiger partial charge in [0, 0.05) is 17.3 Å². The molecule has 0 saturated carbocycles. The van der Waals surface area contributed by atoms with Crippen LogP contribution in [-0.4, -0.2) is 22.2 Å². The predicted octanol–water partition coefficient (Wildman–Crippen LogP) is 1.45. The maximum Gasteiger partial charge on any atom is 0.161 e. The third kappa shape index (κ3) is 2.33. The zero-order valence-electron chi connectivity index (χ0n) is 10.1. The van der Waals surface area contributed by atoms with E-state index >= 15 is 0 Å². The molecule has 1 heterocycles. The van der Waals surface area contributed by atoms with Gasteiger partial charge in [0.1, 0.15) is 5.82 Å². The number of anilines is 1. The van der Waals surface area contributed by atoms with E-state index in [4.69, 9.17) is 10.6 Å². The first-order valence-electron chi connectivity index (χ1n) is 5.33. The normalized spacial score (nSPS) is 10.2. The molecule has 0 unspecified atom stereocenters. The van der Waals surface area contributed by atoms with Gasteiger partial charge in [-0.05, 0) is 25.1 Å². The van der Waals surface area contributed by atoms with Gasteiger partial charge in [0.25, 0.3) is 0 Å². The molecule has 0 amide bonds. The van der Waals surface area contributed by atoms with E-state index < -0.39 is 0 Å². The number of hydrazine groups is 1. The summed E-state index contributed by atoms with van der Waals surface area (Å²) in [5.41, 5.74) is 3.95. The summed E-state index contributed by atoms with van der Waals surface area (Å²) in [6, 6.07) is 6.71. The minimum atomic E-state index is 0.0439. The lowest BCUT2D eigenvalue weighted by molar-refractivity contribution is 0.373. The van der Waals surface area contributed by atoms with E-state index in [0.717, 1.165) is 5.69 Å². The second-order valence-electron chi connectivity index (χ2n) is 3.75. The molecule has 18 heavy (non-hydrogen) atoms. The highest BCUT2D eigenvalue weighted by atomic mass is 16.5. The van der Waals surface area contributed by atoms with Gasteiger partial charge in [-0.2, -0.15) is 0 Å². The van der Waals surface area contributed by atoms with Gasteiger partial charge in [-0.3, -0.25) is 0 Å². The summed E-state index contributed by atoms with van der Waals surface area (Å²) in [6.07, 6.45) is 0. The number of nitrogens with zero attached hydrogens (tertiary/aromatic N) is 2. The van der Waals surface area contributed by atoms with Gasteiger partial charge in [-0.1, -0.05) is 0 Å². The van der Waals surface area contributed by atoms with Gasteiger partial charge in [-0.25, -0.2) is 15.8 Å². The number of ether oxygens (including phenoxy) is 1. The lowest BCUT2D eigenvalue weighted by Crippen LogP contribution is -2.09. The van der Waals surface area contributed by atoms with E-state index in [0.29, 0.717) is 23.0 Å². The van der Waals surface area contributed by atoms with Gasteiger partial charge in [0.05, 0.1) is 7.11 Å². The smallest absolute Gasteiger partial charge is 0.161 e. The molecule has 2 rings (SSSR count). The summed E-state index contributed by atoms with van der Waals surface area (Å²) in [5, 5.41) is 9.73. The van der Waals surface area contributed by atoms with Crippen LogP contribution in [-0.2, 0) is 0 Å². The SMILES string of the molecule is COc1ccc(-c2nc(C)cc(NN)n2)cc1O. The molecule has 0 aliphatic carbocycles. The summed E-state index contributed by atoms with van der Waals surface area (Å²) in [7, 11) is 1.49. The average molecular weight is 246 g/mol. The number of nitrogen functional groups attached to an aromatic ring is 1. The van der Waals surface area contributed by atoms with E-state index in [9.17, 15) is 5.11 Å². The first kappa shape index (κ1) is 12.1.